The fraction of sp³-hybridized carbons (Fsp3) is 0.154. The summed E-state index contributed by atoms with van der Waals surface area (Å²) in [5, 5.41) is 11.2. The fourth-order valence-electron chi connectivity index (χ4n) is 1.72. The maximum absolute atomic E-state index is 12.8. The van der Waals surface area contributed by atoms with Gasteiger partial charge in [0.1, 0.15) is 10.0 Å². The molecule has 0 amide bonds. The molecule has 1 aromatic heterocycles. The first-order chi connectivity index (χ1) is 10.3. The zero-order valence-corrected chi connectivity index (χ0v) is 14.2. The molecule has 0 saturated carbocycles. The molecule has 0 aliphatic carbocycles. The average Bonchev–Trinajstić information content (AvgIpc) is 2.88. The van der Waals surface area contributed by atoms with Crippen LogP contribution in [0.3, 0.4) is 0 Å². The van der Waals surface area contributed by atoms with E-state index in [1.165, 1.54) is 30.3 Å². The Morgan fingerprint density at radius 1 is 1.27 bits per heavy atom. The lowest BCUT2D eigenvalue weighted by Gasteiger charge is -2.19. The third kappa shape index (κ3) is 4.35. The van der Waals surface area contributed by atoms with Gasteiger partial charge in [-0.1, -0.05) is 12.1 Å². The third-order valence-electron chi connectivity index (χ3n) is 2.75. The van der Waals surface area contributed by atoms with Gasteiger partial charge in [-0.15, -0.1) is 11.3 Å². The van der Waals surface area contributed by atoms with Crippen LogP contribution in [0.15, 0.2) is 44.4 Å². The maximum Gasteiger partial charge on any atom is 0.250 e. The second kappa shape index (κ2) is 6.86. The predicted octanol–water partition coefficient (Wildman–Crippen LogP) is 1.29. The van der Waals surface area contributed by atoms with E-state index in [2.05, 4.69) is 20.7 Å². The number of thiophene rings is 1. The van der Waals surface area contributed by atoms with E-state index in [1.807, 2.05) is 0 Å². The Labute approximate surface area is 139 Å². The van der Waals surface area contributed by atoms with Crippen molar-refractivity contribution in [1.82, 2.24) is 4.72 Å². The van der Waals surface area contributed by atoms with Crippen molar-refractivity contribution in [2.24, 2.45) is 0 Å². The van der Waals surface area contributed by atoms with Gasteiger partial charge < -0.3 is 9.90 Å². The van der Waals surface area contributed by atoms with Crippen molar-refractivity contribution in [3.8, 4) is 0 Å². The zero-order valence-electron chi connectivity index (χ0n) is 11.0. The lowest BCUT2D eigenvalue weighted by atomic mass is 10.1. The van der Waals surface area contributed by atoms with Gasteiger partial charge in [0, 0.05) is 0 Å². The molecule has 0 unspecified atom stereocenters. The molecule has 2 aromatic rings. The Bertz CT molecular complexity index is 774. The largest absolute Gasteiger partial charge is 0.548 e. The van der Waals surface area contributed by atoms with Gasteiger partial charge in [-0.25, -0.2) is 17.5 Å². The number of carboxylic acid groups (broad SMARTS) is 1. The average molecular weight is 407 g/mol. The molecular formula is C13H10BrFNO4S2-. The van der Waals surface area contributed by atoms with Gasteiger partial charge in [-0.05, 0) is 52.2 Å². The van der Waals surface area contributed by atoms with E-state index in [0.717, 1.165) is 11.3 Å². The van der Waals surface area contributed by atoms with Crippen LogP contribution in [0.1, 0.15) is 5.56 Å². The number of aliphatic carboxylic acids is 1. The zero-order chi connectivity index (χ0) is 16.3. The molecule has 0 spiro atoms. The van der Waals surface area contributed by atoms with Crippen LogP contribution in [0.4, 0.5) is 4.39 Å². The van der Waals surface area contributed by atoms with E-state index in [4.69, 9.17) is 0 Å². The monoisotopic (exact) mass is 406 g/mol. The quantitative estimate of drug-likeness (QED) is 0.782. The normalized spacial score (nSPS) is 13.0. The first-order valence-electron chi connectivity index (χ1n) is 6.01. The van der Waals surface area contributed by atoms with E-state index in [1.54, 1.807) is 6.07 Å². The molecule has 0 aliphatic rings. The minimum Gasteiger partial charge on any atom is -0.548 e. The van der Waals surface area contributed by atoms with Gasteiger partial charge in [0.15, 0.2) is 0 Å². The molecule has 0 bridgehead atoms. The van der Waals surface area contributed by atoms with Crippen molar-refractivity contribution < 1.29 is 22.7 Å². The number of benzene rings is 1. The highest BCUT2D eigenvalue weighted by Gasteiger charge is 2.22. The van der Waals surface area contributed by atoms with E-state index >= 15 is 0 Å². The summed E-state index contributed by atoms with van der Waals surface area (Å²) in [6.45, 7) is 0. The Morgan fingerprint density at radius 3 is 2.41 bits per heavy atom. The molecule has 1 aromatic carbocycles. The number of rotatable bonds is 6. The number of carboxylic acids is 1. The molecule has 1 N–H and O–H groups in total. The van der Waals surface area contributed by atoms with Gasteiger partial charge >= 0.3 is 0 Å². The molecule has 1 atom stereocenters. The first-order valence-corrected chi connectivity index (χ1v) is 9.10. The SMILES string of the molecule is O=C([O-])[C@@H](Cc1ccc(F)cc1)NS(=O)(=O)c1ccc(Br)s1. The first kappa shape index (κ1) is 17.1. The summed E-state index contributed by atoms with van der Waals surface area (Å²) in [6, 6.07) is 6.59. The van der Waals surface area contributed by atoms with Crippen LogP contribution in [-0.4, -0.2) is 20.4 Å². The number of carbonyl (C=O) groups excluding carboxylic acids is 1. The van der Waals surface area contributed by atoms with E-state index in [9.17, 15) is 22.7 Å². The molecule has 0 saturated heterocycles. The summed E-state index contributed by atoms with van der Waals surface area (Å²) in [4.78, 5) is 11.2. The van der Waals surface area contributed by atoms with Crippen LogP contribution in [0.5, 0.6) is 0 Å². The van der Waals surface area contributed by atoms with E-state index in [0.29, 0.717) is 9.35 Å². The molecule has 2 rings (SSSR count). The van der Waals surface area contributed by atoms with Crippen LogP contribution < -0.4 is 9.83 Å². The molecule has 9 heteroatoms. The molecule has 5 nitrogen and oxygen atoms in total. The van der Waals surface area contributed by atoms with Crippen molar-refractivity contribution in [2.45, 2.75) is 16.7 Å². The highest BCUT2D eigenvalue weighted by atomic mass is 79.9. The van der Waals surface area contributed by atoms with Crippen LogP contribution in [-0.2, 0) is 21.2 Å². The highest BCUT2D eigenvalue weighted by molar-refractivity contribution is 9.11. The molecule has 1 heterocycles. The van der Waals surface area contributed by atoms with Gasteiger partial charge in [0.2, 0.25) is 0 Å². The van der Waals surface area contributed by atoms with Crippen LogP contribution in [0.2, 0.25) is 0 Å². The minimum atomic E-state index is -3.97. The van der Waals surface area contributed by atoms with E-state index in [-0.39, 0.29) is 10.6 Å². The minimum absolute atomic E-state index is 0.00951. The summed E-state index contributed by atoms with van der Waals surface area (Å²) in [5.41, 5.74) is 0.477. The van der Waals surface area contributed by atoms with Gasteiger partial charge in [0.25, 0.3) is 10.0 Å². The Kier molecular flexibility index (Phi) is 5.32. The van der Waals surface area contributed by atoms with Gasteiger partial charge in [0.05, 0.1) is 15.8 Å². The van der Waals surface area contributed by atoms with Crippen LogP contribution in [0, 0.1) is 5.82 Å². The van der Waals surface area contributed by atoms with E-state index < -0.39 is 27.9 Å². The number of hydrogen-bond acceptors (Lipinski definition) is 5. The van der Waals surface area contributed by atoms with Crippen LogP contribution >= 0.6 is 27.3 Å². The van der Waals surface area contributed by atoms with Crippen molar-refractivity contribution >= 4 is 43.3 Å². The predicted molar refractivity (Wildman–Crippen MR) is 81.2 cm³/mol. The smallest absolute Gasteiger partial charge is 0.250 e. The molecule has 0 radical (unpaired) electrons. The summed E-state index contributed by atoms with van der Waals surface area (Å²) in [5.74, 6) is -2.01. The second-order valence-corrected chi connectivity index (χ2v) is 8.79. The van der Waals surface area contributed by atoms with Crippen molar-refractivity contribution in [3.05, 3.63) is 51.6 Å². The maximum atomic E-state index is 12.8. The summed E-state index contributed by atoms with van der Waals surface area (Å²) in [6.07, 6.45) is -0.144. The lowest BCUT2D eigenvalue weighted by Crippen LogP contribution is -2.48. The summed E-state index contributed by atoms with van der Waals surface area (Å²) in [7, 11) is -3.97. The number of sulfonamides is 1. The lowest BCUT2D eigenvalue weighted by molar-refractivity contribution is -0.307. The van der Waals surface area contributed by atoms with Gasteiger partial charge in [-0.2, -0.15) is 0 Å². The molecule has 22 heavy (non-hydrogen) atoms. The third-order valence-corrected chi connectivity index (χ3v) is 6.34. The Balaban J connectivity index is 2.18. The standard InChI is InChI=1S/C13H11BrFNO4S2/c14-11-5-6-12(21-11)22(19,20)16-10(13(17)18)7-8-1-3-9(15)4-2-8/h1-6,10,16H,7H2,(H,17,18)/p-1/t10-/m1/s1. The van der Waals surface area contributed by atoms with Crippen LogP contribution in [0.25, 0.3) is 0 Å². The van der Waals surface area contributed by atoms with Gasteiger partial charge in [-0.3, -0.25) is 0 Å². The number of nitrogens with one attached hydrogen (secondary N) is 1. The number of carbonyl (C=O) groups is 1. The number of halogens is 2. The number of hydrogen-bond donors (Lipinski definition) is 1. The van der Waals surface area contributed by atoms with Crippen molar-refractivity contribution in [3.63, 3.8) is 0 Å². The van der Waals surface area contributed by atoms with Crippen molar-refractivity contribution in [1.29, 1.82) is 0 Å². The molecule has 0 fully saturated rings. The topological polar surface area (TPSA) is 86.3 Å². The highest BCUT2D eigenvalue weighted by Crippen LogP contribution is 2.26. The molecule has 0 aliphatic heterocycles. The molecular weight excluding hydrogens is 397 g/mol. The summed E-state index contributed by atoms with van der Waals surface area (Å²) < 4.78 is 39.8. The fourth-order valence-corrected chi connectivity index (χ4v) is 4.93. The Morgan fingerprint density at radius 2 is 1.91 bits per heavy atom. The van der Waals surface area contributed by atoms with Crippen molar-refractivity contribution in [2.75, 3.05) is 0 Å². The Hall–Kier alpha value is -1.29. The molecule has 118 valence electrons. The summed E-state index contributed by atoms with van der Waals surface area (Å²) >= 11 is 4.10. The second-order valence-electron chi connectivity index (χ2n) is 4.38.